The Kier molecular flexibility index (Phi) is 12.0. The van der Waals surface area contributed by atoms with Crippen LogP contribution in [0.25, 0.3) is 0 Å². The van der Waals surface area contributed by atoms with E-state index < -0.39 is 24.0 Å². The summed E-state index contributed by atoms with van der Waals surface area (Å²) in [5.41, 5.74) is 0. The summed E-state index contributed by atoms with van der Waals surface area (Å²) in [6, 6.07) is 0. The minimum absolute atomic E-state index is 0.0545. The second kappa shape index (κ2) is 13.1. The molecule has 0 aromatic rings. The number of unbranched alkanes of at least 4 members (excludes halogenated alkanes) is 3. The van der Waals surface area contributed by atoms with E-state index in [9.17, 15) is 14.4 Å². The molecular formula is C19H32NO6+. The van der Waals surface area contributed by atoms with Crippen molar-refractivity contribution in [3.05, 3.63) is 24.3 Å². The van der Waals surface area contributed by atoms with Gasteiger partial charge in [-0.15, -0.1) is 0 Å². The van der Waals surface area contributed by atoms with E-state index in [0.717, 1.165) is 25.7 Å². The molecule has 148 valence electrons. The Morgan fingerprint density at radius 3 is 1.88 bits per heavy atom. The number of carboxylic acid groups (broad SMARTS) is 2. The van der Waals surface area contributed by atoms with Crippen LogP contribution in [-0.4, -0.2) is 66.4 Å². The lowest BCUT2D eigenvalue weighted by molar-refractivity contribution is -0.873. The van der Waals surface area contributed by atoms with Gasteiger partial charge in [-0.3, -0.25) is 14.4 Å². The van der Waals surface area contributed by atoms with Crippen LogP contribution in [0.4, 0.5) is 0 Å². The molecule has 0 heterocycles. The van der Waals surface area contributed by atoms with Crippen molar-refractivity contribution in [2.75, 3.05) is 27.7 Å². The van der Waals surface area contributed by atoms with Crippen LogP contribution in [-0.2, 0) is 19.1 Å². The lowest BCUT2D eigenvalue weighted by Gasteiger charge is -2.28. The van der Waals surface area contributed by atoms with Crippen molar-refractivity contribution < 1.29 is 33.8 Å². The summed E-state index contributed by atoms with van der Waals surface area (Å²) in [6.45, 7) is 0.442. The van der Waals surface area contributed by atoms with E-state index in [-0.39, 0.29) is 19.3 Å². The normalized spacial score (nSPS) is 13.2. The molecule has 0 aromatic carbocycles. The second-order valence-corrected chi connectivity index (χ2v) is 7.21. The van der Waals surface area contributed by atoms with Gasteiger partial charge in [-0.05, 0) is 25.7 Å². The monoisotopic (exact) mass is 370 g/mol. The molecule has 1 atom stereocenters. The molecule has 0 aliphatic heterocycles. The largest absolute Gasteiger partial charge is 0.481 e. The van der Waals surface area contributed by atoms with E-state index in [1.54, 1.807) is 12.2 Å². The number of carboxylic acids is 2. The maximum Gasteiger partial charge on any atom is 0.310 e. The van der Waals surface area contributed by atoms with Crippen LogP contribution in [0.15, 0.2) is 24.3 Å². The fraction of sp³-hybridized carbons (Fsp3) is 0.632. The molecule has 26 heavy (non-hydrogen) atoms. The molecule has 0 aromatic heterocycles. The van der Waals surface area contributed by atoms with Gasteiger partial charge in [0.15, 0.2) is 6.10 Å². The average Bonchev–Trinajstić information content (AvgIpc) is 2.46. The van der Waals surface area contributed by atoms with Crippen LogP contribution in [0.1, 0.15) is 44.9 Å². The van der Waals surface area contributed by atoms with E-state index in [4.69, 9.17) is 14.9 Å². The molecule has 0 saturated carbocycles. The quantitative estimate of drug-likeness (QED) is 0.211. The molecule has 0 saturated heterocycles. The molecule has 7 nitrogen and oxygen atoms in total. The maximum absolute atomic E-state index is 11.9. The van der Waals surface area contributed by atoms with Crippen molar-refractivity contribution >= 4 is 17.9 Å². The number of quaternary nitrogens is 1. The van der Waals surface area contributed by atoms with Gasteiger partial charge in [0, 0.05) is 0 Å². The van der Waals surface area contributed by atoms with Gasteiger partial charge >= 0.3 is 17.9 Å². The number of hydrogen-bond acceptors (Lipinski definition) is 4. The highest BCUT2D eigenvalue weighted by molar-refractivity contribution is 5.72. The predicted molar refractivity (Wildman–Crippen MR) is 98.7 cm³/mol. The van der Waals surface area contributed by atoms with Crippen molar-refractivity contribution in [1.29, 1.82) is 0 Å². The van der Waals surface area contributed by atoms with E-state index in [0.29, 0.717) is 11.0 Å². The fourth-order valence-electron chi connectivity index (χ4n) is 2.31. The fourth-order valence-corrected chi connectivity index (χ4v) is 2.31. The molecule has 0 bridgehead atoms. The molecule has 0 radical (unpaired) electrons. The zero-order valence-corrected chi connectivity index (χ0v) is 16.0. The molecular weight excluding hydrogens is 338 g/mol. The minimum atomic E-state index is -0.982. The molecule has 0 amide bonds. The lowest BCUT2D eigenvalue weighted by atomic mass is 10.1. The molecule has 0 spiro atoms. The van der Waals surface area contributed by atoms with E-state index in [1.165, 1.54) is 0 Å². The third kappa shape index (κ3) is 16.7. The van der Waals surface area contributed by atoms with Gasteiger partial charge in [0.25, 0.3) is 0 Å². The van der Waals surface area contributed by atoms with Crippen LogP contribution < -0.4 is 0 Å². The summed E-state index contributed by atoms with van der Waals surface area (Å²) in [7, 11) is 5.75. The van der Waals surface area contributed by atoms with Crippen LogP contribution >= 0.6 is 0 Å². The molecule has 0 aliphatic carbocycles. The van der Waals surface area contributed by atoms with Crippen LogP contribution in [0.2, 0.25) is 0 Å². The zero-order chi connectivity index (χ0) is 20.0. The first-order valence-electron chi connectivity index (χ1n) is 8.83. The highest BCUT2D eigenvalue weighted by Gasteiger charge is 2.24. The van der Waals surface area contributed by atoms with Gasteiger partial charge in [-0.25, -0.2) is 0 Å². The summed E-state index contributed by atoms with van der Waals surface area (Å²) in [6.07, 6.45) is 10.1. The Morgan fingerprint density at radius 1 is 0.885 bits per heavy atom. The van der Waals surface area contributed by atoms with E-state index >= 15 is 0 Å². The summed E-state index contributed by atoms with van der Waals surface area (Å²) in [5.74, 6) is -2.23. The first-order valence-corrected chi connectivity index (χ1v) is 8.83. The Balaban J connectivity index is 4.00. The van der Waals surface area contributed by atoms with Gasteiger partial charge in [0.2, 0.25) is 0 Å². The number of nitrogens with zero attached hydrogens (tertiary/aromatic N) is 1. The van der Waals surface area contributed by atoms with Crippen molar-refractivity contribution in [3.63, 3.8) is 0 Å². The Labute approximate surface area is 155 Å². The van der Waals surface area contributed by atoms with E-state index in [2.05, 4.69) is 0 Å². The first-order chi connectivity index (χ1) is 12.1. The van der Waals surface area contributed by atoms with Gasteiger partial charge < -0.3 is 19.4 Å². The van der Waals surface area contributed by atoms with Gasteiger partial charge in [0.1, 0.15) is 6.54 Å². The average molecular weight is 370 g/mol. The number of rotatable bonds is 14. The number of esters is 1. The summed E-state index contributed by atoms with van der Waals surface area (Å²) >= 11 is 0. The first kappa shape index (κ1) is 23.9. The smallest absolute Gasteiger partial charge is 0.310 e. The van der Waals surface area contributed by atoms with Crippen LogP contribution in [0.3, 0.4) is 0 Å². The summed E-state index contributed by atoms with van der Waals surface area (Å²) < 4.78 is 5.80. The van der Waals surface area contributed by atoms with E-state index in [1.807, 2.05) is 33.3 Å². The zero-order valence-electron chi connectivity index (χ0n) is 16.0. The number of likely N-dealkylation sites (N-methyl/N-ethyl adjacent to an activating group) is 1. The SMILES string of the molecule is C[N+](C)(C)CC(CC(=O)O)OC(=O)C/C=C/CCCC/C=C/CC(=O)O. The van der Waals surface area contributed by atoms with Crippen molar-refractivity contribution in [2.24, 2.45) is 0 Å². The van der Waals surface area contributed by atoms with Crippen molar-refractivity contribution in [1.82, 2.24) is 0 Å². The summed E-state index contributed by atoms with van der Waals surface area (Å²) in [5, 5.41) is 17.4. The topological polar surface area (TPSA) is 101 Å². The Bertz CT molecular complexity index is 505. The third-order valence-corrected chi connectivity index (χ3v) is 3.35. The van der Waals surface area contributed by atoms with Gasteiger partial charge in [-0.2, -0.15) is 0 Å². The lowest BCUT2D eigenvalue weighted by Crippen LogP contribution is -2.43. The van der Waals surface area contributed by atoms with Crippen LogP contribution in [0, 0.1) is 0 Å². The standard InChI is InChI=1S/C19H31NO6/c1-20(2,3)15-16(14-18(23)24)26-19(25)13-11-9-7-5-4-6-8-10-12-17(21)22/h8-11,16H,4-7,12-15H2,1-3H3,(H-,21,22,23,24)/p+1/b10-8+,11-9+. The highest BCUT2D eigenvalue weighted by atomic mass is 16.5. The Morgan fingerprint density at radius 2 is 1.42 bits per heavy atom. The highest BCUT2D eigenvalue weighted by Crippen LogP contribution is 2.07. The molecule has 0 rings (SSSR count). The Hall–Kier alpha value is -2.15. The number of ether oxygens (including phenoxy) is 1. The third-order valence-electron chi connectivity index (χ3n) is 3.35. The number of aliphatic carboxylic acids is 2. The predicted octanol–water partition coefficient (Wildman–Crippen LogP) is 2.62. The minimum Gasteiger partial charge on any atom is -0.481 e. The van der Waals surface area contributed by atoms with Crippen LogP contribution in [0.5, 0.6) is 0 Å². The molecule has 0 aliphatic rings. The van der Waals surface area contributed by atoms with Gasteiger partial charge in [-0.1, -0.05) is 24.3 Å². The number of carbonyl (C=O) groups excluding carboxylic acids is 1. The number of carbonyl (C=O) groups is 3. The molecule has 7 heteroatoms. The summed E-state index contributed by atoms with van der Waals surface area (Å²) in [4.78, 5) is 33.1. The molecule has 2 N–H and O–H groups in total. The maximum atomic E-state index is 11.9. The van der Waals surface area contributed by atoms with Crippen molar-refractivity contribution in [3.8, 4) is 0 Å². The molecule has 1 unspecified atom stereocenters. The number of hydrogen-bond donors (Lipinski definition) is 2. The van der Waals surface area contributed by atoms with Gasteiger partial charge in [0.05, 0.1) is 40.4 Å². The second-order valence-electron chi connectivity index (χ2n) is 7.21. The molecule has 0 fully saturated rings. The number of allylic oxidation sites excluding steroid dienone is 2. The van der Waals surface area contributed by atoms with Crippen molar-refractivity contribution in [2.45, 2.75) is 51.0 Å².